The van der Waals surface area contributed by atoms with Gasteiger partial charge in [0.15, 0.2) is 0 Å². The van der Waals surface area contributed by atoms with Crippen LogP contribution in [0.4, 0.5) is 0 Å². The summed E-state index contributed by atoms with van der Waals surface area (Å²) >= 11 is 0. The molecule has 5 rings (SSSR count). The van der Waals surface area contributed by atoms with E-state index in [1.54, 1.807) is 0 Å². The number of allylic oxidation sites excluding steroid dienone is 2. The van der Waals surface area contributed by atoms with Crippen molar-refractivity contribution < 1.29 is 14.3 Å². The summed E-state index contributed by atoms with van der Waals surface area (Å²) in [6, 6.07) is 9.38. The zero-order chi connectivity index (χ0) is 27.3. The molecule has 1 unspecified atom stereocenters. The number of hydrogen-bond donors (Lipinski definition) is 0. The van der Waals surface area contributed by atoms with Crippen molar-refractivity contribution >= 4 is 11.8 Å². The lowest BCUT2D eigenvalue weighted by Crippen LogP contribution is -2.55. The zero-order valence-corrected chi connectivity index (χ0v) is 24.7. The predicted molar refractivity (Wildman–Crippen MR) is 154 cm³/mol. The fourth-order valence-corrected chi connectivity index (χ4v) is 9.48. The van der Waals surface area contributed by atoms with Crippen LogP contribution in [-0.2, 0) is 9.53 Å². The molecule has 208 valence electrons. The van der Waals surface area contributed by atoms with Crippen molar-refractivity contribution in [1.29, 1.82) is 0 Å². The number of carbonyl (C=O) groups is 2. The van der Waals surface area contributed by atoms with Crippen LogP contribution < -0.4 is 0 Å². The first-order valence-electron chi connectivity index (χ1n) is 15.5. The lowest BCUT2D eigenvalue weighted by atomic mass is 9.43. The Morgan fingerprint density at radius 2 is 1.76 bits per heavy atom. The van der Waals surface area contributed by atoms with E-state index in [1.165, 1.54) is 31.3 Å². The van der Waals surface area contributed by atoms with E-state index in [1.807, 2.05) is 30.3 Å². The third-order valence-electron chi connectivity index (χ3n) is 12.1. The average Bonchev–Trinajstić information content (AvgIpc) is 3.10. The topological polar surface area (TPSA) is 43.4 Å². The lowest BCUT2D eigenvalue weighted by Gasteiger charge is -2.60. The maximum atomic E-state index is 14.0. The second-order valence-electron chi connectivity index (χ2n) is 14.4. The van der Waals surface area contributed by atoms with Gasteiger partial charge in [-0.2, -0.15) is 0 Å². The monoisotopic (exact) mass is 518 g/mol. The Kier molecular flexibility index (Phi) is 7.46. The van der Waals surface area contributed by atoms with Gasteiger partial charge in [0.05, 0.1) is 11.0 Å². The normalized spacial score (nSPS) is 39.1. The van der Waals surface area contributed by atoms with Gasteiger partial charge in [-0.3, -0.25) is 4.79 Å². The number of hydrogen-bond acceptors (Lipinski definition) is 3. The molecule has 0 amide bonds. The fraction of sp³-hybridized carbons (Fsp3) is 0.714. The molecule has 1 aromatic rings. The van der Waals surface area contributed by atoms with Gasteiger partial charge in [-0.25, -0.2) is 4.79 Å². The summed E-state index contributed by atoms with van der Waals surface area (Å²) in [6.07, 6.45) is 13.3. The van der Waals surface area contributed by atoms with Crippen molar-refractivity contribution in [2.24, 2.45) is 45.8 Å². The zero-order valence-electron chi connectivity index (χ0n) is 24.7. The Morgan fingerprint density at radius 3 is 2.47 bits per heavy atom. The molecule has 0 spiro atoms. The molecule has 3 saturated carbocycles. The Balaban J connectivity index is 1.33. The van der Waals surface area contributed by atoms with Crippen LogP contribution in [0.15, 0.2) is 42.0 Å². The summed E-state index contributed by atoms with van der Waals surface area (Å²) in [5.41, 5.74) is 2.04. The van der Waals surface area contributed by atoms with Gasteiger partial charge in [-0.05, 0) is 98.0 Å². The lowest BCUT2D eigenvalue weighted by molar-refractivity contribution is -0.131. The Morgan fingerprint density at radius 1 is 1.03 bits per heavy atom. The van der Waals surface area contributed by atoms with Crippen molar-refractivity contribution in [2.75, 3.05) is 0 Å². The van der Waals surface area contributed by atoms with Crippen LogP contribution in [0, 0.1) is 45.8 Å². The number of esters is 1. The van der Waals surface area contributed by atoms with E-state index in [0.29, 0.717) is 35.0 Å². The van der Waals surface area contributed by atoms with Crippen LogP contribution in [0.2, 0.25) is 0 Å². The molecule has 0 bridgehead atoms. The fourth-order valence-electron chi connectivity index (χ4n) is 9.48. The Labute approximate surface area is 231 Å². The van der Waals surface area contributed by atoms with Gasteiger partial charge < -0.3 is 4.74 Å². The minimum atomic E-state index is -0.322. The van der Waals surface area contributed by atoms with Gasteiger partial charge in [-0.15, -0.1) is 0 Å². The van der Waals surface area contributed by atoms with Gasteiger partial charge in [0.2, 0.25) is 0 Å². The van der Waals surface area contributed by atoms with Crippen LogP contribution in [0.5, 0.6) is 0 Å². The number of benzene rings is 1. The van der Waals surface area contributed by atoms with E-state index in [-0.39, 0.29) is 28.3 Å². The van der Waals surface area contributed by atoms with E-state index in [9.17, 15) is 9.59 Å². The van der Waals surface area contributed by atoms with Crippen molar-refractivity contribution in [3.8, 4) is 0 Å². The van der Waals surface area contributed by atoms with E-state index in [0.717, 1.165) is 44.4 Å². The summed E-state index contributed by atoms with van der Waals surface area (Å²) in [7, 11) is 0. The van der Waals surface area contributed by atoms with E-state index in [4.69, 9.17) is 4.74 Å². The standard InChI is InChI=1S/C35H50O3/c1-23(2)11-10-12-24(3)30-22-31(36)35(6)29-16-15-26-21-27(38-32(37)25-13-8-7-9-14-25)17-19-33(26,4)28(29)18-20-34(30,35)5/h7-9,13-14,16,23-24,26-28,30H,10-12,15,17-22H2,1-6H3/t24-,26?,27+,28+,30-,33+,34-,35-/m1/s1. The number of ether oxygens (including phenoxy) is 1. The molecule has 0 heterocycles. The third-order valence-corrected chi connectivity index (χ3v) is 12.1. The molecule has 3 nitrogen and oxygen atoms in total. The second-order valence-corrected chi connectivity index (χ2v) is 14.4. The molecule has 1 aromatic carbocycles. The van der Waals surface area contributed by atoms with Crippen molar-refractivity contribution in [3.05, 3.63) is 47.5 Å². The summed E-state index contributed by atoms with van der Waals surface area (Å²) < 4.78 is 6.00. The highest BCUT2D eigenvalue weighted by molar-refractivity contribution is 5.92. The smallest absolute Gasteiger partial charge is 0.338 e. The molecule has 0 radical (unpaired) electrons. The Hall–Kier alpha value is -1.90. The van der Waals surface area contributed by atoms with Crippen LogP contribution in [0.25, 0.3) is 0 Å². The van der Waals surface area contributed by atoms with Gasteiger partial charge in [0.25, 0.3) is 0 Å². The number of fused-ring (bicyclic) bond motifs is 5. The third kappa shape index (κ3) is 4.40. The minimum absolute atomic E-state index is 0.00986. The quantitative estimate of drug-likeness (QED) is 0.267. The van der Waals surface area contributed by atoms with E-state index >= 15 is 0 Å². The summed E-state index contributed by atoms with van der Waals surface area (Å²) in [4.78, 5) is 26.7. The molecule has 4 aliphatic rings. The maximum absolute atomic E-state index is 14.0. The molecule has 3 fully saturated rings. The van der Waals surface area contributed by atoms with Gasteiger partial charge in [0.1, 0.15) is 11.9 Å². The molecule has 0 aliphatic heterocycles. The average molecular weight is 519 g/mol. The number of Topliss-reactive ketones (excluding diaryl/α,β-unsaturated/α-hetero) is 1. The molecule has 0 saturated heterocycles. The predicted octanol–water partition coefficient (Wildman–Crippen LogP) is 8.82. The molecular formula is C35H50O3. The van der Waals surface area contributed by atoms with Crippen LogP contribution in [-0.4, -0.2) is 17.9 Å². The maximum Gasteiger partial charge on any atom is 0.338 e. The summed E-state index contributed by atoms with van der Waals surface area (Å²) in [6.45, 7) is 14.3. The molecule has 0 N–H and O–H groups in total. The highest BCUT2D eigenvalue weighted by atomic mass is 16.5. The molecule has 4 aliphatic carbocycles. The van der Waals surface area contributed by atoms with Gasteiger partial charge in [0, 0.05) is 6.42 Å². The van der Waals surface area contributed by atoms with Crippen LogP contribution in [0.3, 0.4) is 0 Å². The molecule has 38 heavy (non-hydrogen) atoms. The first kappa shape index (κ1) is 27.7. The van der Waals surface area contributed by atoms with Gasteiger partial charge in [-0.1, -0.05) is 83.7 Å². The highest BCUT2D eigenvalue weighted by Crippen LogP contribution is 2.71. The molecular weight excluding hydrogens is 468 g/mol. The van der Waals surface area contributed by atoms with Crippen LogP contribution >= 0.6 is 0 Å². The van der Waals surface area contributed by atoms with Crippen LogP contribution in [0.1, 0.15) is 116 Å². The molecule has 8 atom stereocenters. The number of rotatable bonds is 7. The largest absolute Gasteiger partial charge is 0.459 e. The number of ketones is 1. The van der Waals surface area contributed by atoms with Crippen molar-refractivity contribution in [1.82, 2.24) is 0 Å². The first-order chi connectivity index (χ1) is 18.0. The van der Waals surface area contributed by atoms with E-state index < -0.39 is 0 Å². The SMILES string of the molecule is CC(C)CCC[C@@H](C)[C@H]1CC(=O)[C@@]2(C)C3=CCC4C[C@@H](OC(=O)c5ccccc5)CC[C@]4(C)[C@H]3CC[C@]12C. The second kappa shape index (κ2) is 10.3. The van der Waals surface area contributed by atoms with E-state index in [2.05, 4.69) is 47.6 Å². The van der Waals surface area contributed by atoms with Gasteiger partial charge >= 0.3 is 5.97 Å². The Bertz CT molecular complexity index is 1070. The molecule has 3 heteroatoms. The number of carbonyl (C=O) groups excluding carboxylic acids is 2. The summed E-state index contributed by atoms with van der Waals surface area (Å²) in [5, 5.41) is 0. The van der Waals surface area contributed by atoms with Crippen molar-refractivity contribution in [3.63, 3.8) is 0 Å². The highest BCUT2D eigenvalue weighted by Gasteiger charge is 2.67. The molecule has 0 aromatic heterocycles. The minimum Gasteiger partial charge on any atom is -0.459 e. The first-order valence-corrected chi connectivity index (χ1v) is 15.5. The summed E-state index contributed by atoms with van der Waals surface area (Å²) in [5.74, 6) is 3.14. The van der Waals surface area contributed by atoms with Crippen molar-refractivity contribution in [2.45, 2.75) is 112 Å².